The monoisotopic (exact) mass is 433 g/mol. The number of aryl methyl sites for hydroxylation is 3. The van der Waals surface area contributed by atoms with Gasteiger partial charge in [0.15, 0.2) is 11.6 Å². The van der Waals surface area contributed by atoms with E-state index in [9.17, 15) is 17.6 Å². The van der Waals surface area contributed by atoms with Crippen LogP contribution in [0.15, 0.2) is 60.8 Å². The van der Waals surface area contributed by atoms with Crippen molar-refractivity contribution in [2.45, 2.75) is 26.2 Å². The second kappa shape index (κ2) is 9.23. The summed E-state index contributed by atoms with van der Waals surface area (Å²) in [5, 5.41) is 0.573. The molecule has 4 aromatic rings. The Morgan fingerprint density at radius 3 is 2.22 bits per heavy atom. The van der Waals surface area contributed by atoms with E-state index in [4.69, 9.17) is 0 Å². The molecule has 0 saturated carbocycles. The van der Waals surface area contributed by atoms with Gasteiger partial charge in [0.2, 0.25) is 0 Å². The molecule has 0 spiro atoms. The molecule has 0 N–H and O–H groups in total. The molecular formula is C27H19F4N. The van der Waals surface area contributed by atoms with Crippen LogP contribution in [0.4, 0.5) is 17.6 Å². The Hall–Kier alpha value is -3.65. The second-order valence-electron chi connectivity index (χ2n) is 7.49. The van der Waals surface area contributed by atoms with Crippen molar-refractivity contribution in [1.29, 1.82) is 0 Å². The van der Waals surface area contributed by atoms with E-state index < -0.39 is 23.3 Å². The molecule has 0 atom stereocenters. The molecule has 0 aliphatic carbocycles. The number of benzene rings is 3. The minimum absolute atomic E-state index is 0.121. The summed E-state index contributed by atoms with van der Waals surface area (Å²) in [5.41, 5.74) is 2.63. The van der Waals surface area contributed by atoms with E-state index in [0.29, 0.717) is 29.4 Å². The van der Waals surface area contributed by atoms with Crippen LogP contribution < -0.4 is 0 Å². The fraction of sp³-hybridized carbons (Fsp3) is 0.148. The summed E-state index contributed by atoms with van der Waals surface area (Å²) in [6.07, 6.45) is 3.74. The largest absolute Gasteiger partial charge is 0.261 e. The number of nitrogens with zero attached hydrogens (tertiary/aromatic N) is 1. The third-order valence-electron chi connectivity index (χ3n) is 5.30. The zero-order chi connectivity index (χ0) is 22.7. The van der Waals surface area contributed by atoms with Gasteiger partial charge in [-0.3, -0.25) is 4.98 Å². The van der Waals surface area contributed by atoms with Crippen LogP contribution in [0.5, 0.6) is 0 Å². The lowest BCUT2D eigenvalue weighted by atomic mass is 10.0. The standard InChI is InChI=1S/C27H19F4N/c1-2-17-3-8-21(32-16-17)9-4-19-14-25(29)23(26(30)15-19)11-6-18-5-10-22-20(13-18)7-12-24(28)27(22)31/h3,5,7-8,10,12-16H,2,4,9H2,1H3. The van der Waals surface area contributed by atoms with E-state index in [1.165, 1.54) is 30.3 Å². The first kappa shape index (κ1) is 21.6. The van der Waals surface area contributed by atoms with Gasteiger partial charge in [-0.1, -0.05) is 37.0 Å². The van der Waals surface area contributed by atoms with Crippen LogP contribution in [0.1, 0.15) is 34.9 Å². The Kier molecular flexibility index (Phi) is 6.23. The molecule has 0 aliphatic rings. The summed E-state index contributed by atoms with van der Waals surface area (Å²) in [7, 11) is 0. The van der Waals surface area contributed by atoms with E-state index in [2.05, 4.69) is 16.8 Å². The molecule has 4 rings (SSSR count). The van der Waals surface area contributed by atoms with Crippen LogP contribution in [0.25, 0.3) is 10.8 Å². The van der Waals surface area contributed by atoms with Crippen LogP contribution in [-0.4, -0.2) is 4.98 Å². The summed E-state index contributed by atoms with van der Waals surface area (Å²) in [6.45, 7) is 2.05. The highest BCUT2D eigenvalue weighted by atomic mass is 19.2. The Morgan fingerprint density at radius 1 is 0.750 bits per heavy atom. The Balaban J connectivity index is 1.53. The first-order chi connectivity index (χ1) is 15.4. The van der Waals surface area contributed by atoms with Gasteiger partial charge in [0.1, 0.15) is 11.6 Å². The van der Waals surface area contributed by atoms with Crippen molar-refractivity contribution in [1.82, 2.24) is 4.98 Å². The molecule has 1 aromatic heterocycles. The van der Waals surface area contributed by atoms with Gasteiger partial charge in [0.05, 0.1) is 5.56 Å². The van der Waals surface area contributed by atoms with Crippen LogP contribution >= 0.6 is 0 Å². The molecule has 0 amide bonds. The van der Waals surface area contributed by atoms with Crippen molar-refractivity contribution in [3.05, 3.63) is 112 Å². The average Bonchev–Trinajstić information content (AvgIpc) is 2.80. The lowest BCUT2D eigenvalue weighted by Crippen LogP contribution is -1.99. The van der Waals surface area contributed by atoms with Crippen LogP contribution in [0.2, 0.25) is 0 Å². The highest BCUT2D eigenvalue weighted by Gasteiger charge is 2.10. The van der Waals surface area contributed by atoms with Crippen molar-refractivity contribution >= 4 is 10.8 Å². The number of halogens is 4. The quantitative estimate of drug-likeness (QED) is 0.263. The highest BCUT2D eigenvalue weighted by Crippen LogP contribution is 2.22. The van der Waals surface area contributed by atoms with E-state index in [0.717, 1.165) is 23.7 Å². The maximum Gasteiger partial charge on any atom is 0.166 e. The maximum absolute atomic E-state index is 14.5. The van der Waals surface area contributed by atoms with Crippen molar-refractivity contribution in [3.63, 3.8) is 0 Å². The van der Waals surface area contributed by atoms with Gasteiger partial charge >= 0.3 is 0 Å². The molecular weight excluding hydrogens is 414 g/mol. The summed E-state index contributed by atoms with van der Waals surface area (Å²) in [6, 6.07) is 13.4. The van der Waals surface area contributed by atoms with Gasteiger partial charge in [-0.05, 0) is 72.2 Å². The first-order valence-corrected chi connectivity index (χ1v) is 10.3. The second-order valence-corrected chi connectivity index (χ2v) is 7.49. The predicted octanol–water partition coefficient (Wildman–Crippen LogP) is 6.54. The van der Waals surface area contributed by atoms with Gasteiger partial charge in [0, 0.05) is 22.8 Å². The number of hydrogen-bond acceptors (Lipinski definition) is 1. The molecule has 3 aromatic carbocycles. The number of hydrogen-bond donors (Lipinski definition) is 0. The molecule has 5 heteroatoms. The molecule has 1 heterocycles. The summed E-state index contributed by atoms with van der Waals surface area (Å²) in [5.74, 6) is 1.87. The van der Waals surface area contributed by atoms with E-state index in [1.807, 2.05) is 25.3 Å². The number of fused-ring (bicyclic) bond motifs is 1. The molecule has 160 valence electrons. The van der Waals surface area contributed by atoms with Crippen molar-refractivity contribution in [2.75, 3.05) is 0 Å². The predicted molar refractivity (Wildman–Crippen MR) is 117 cm³/mol. The average molecular weight is 433 g/mol. The van der Waals surface area contributed by atoms with E-state index >= 15 is 0 Å². The first-order valence-electron chi connectivity index (χ1n) is 10.3. The van der Waals surface area contributed by atoms with Crippen molar-refractivity contribution in [2.24, 2.45) is 0 Å². The fourth-order valence-electron chi connectivity index (χ4n) is 3.45. The Morgan fingerprint density at radius 2 is 1.53 bits per heavy atom. The Bertz CT molecular complexity index is 1330. The zero-order valence-electron chi connectivity index (χ0n) is 17.4. The Labute approximate surface area is 183 Å². The van der Waals surface area contributed by atoms with E-state index in [-0.39, 0.29) is 10.9 Å². The fourth-order valence-corrected chi connectivity index (χ4v) is 3.45. The minimum Gasteiger partial charge on any atom is -0.261 e. The lowest BCUT2D eigenvalue weighted by molar-refractivity contribution is 0.517. The topological polar surface area (TPSA) is 12.9 Å². The van der Waals surface area contributed by atoms with Crippen LogP contribution in [0.3, 0.4) is 0 Å². The van der Waals surface area contributed by atoms with Gasteiger partial charge in [0.25, 0.3) is 0 Å². The molecule has 0 radical (unpaired) electrons. The molecule has 0 fully saturated rings. The number of aromatic nitrogens is 1. The molecule has 0 unspecified atom stereocenters. The van der Waals surface area contributed by atoms with Crippen molar-refractivity contribution < 1.29 is 17.6 Å². The molecule has 32 heavy (non-hydrogen) atoms. The number of pyridine rings is 1. The van der Waals surface area contributed by atoms with Crippen LogP contribution in [0, 0.1) is 35.1 Å². The zero-order valence-corrected chi connectivity index (χ0v) is 17.4. The van der Waals surface area contributed by atoms with Gasteiger partial charge in [-0.2, -0.15) is 0 Å². The number of rotatable bonds is 4. The maximum atomic E-state index is 14.5. The summed E-state index contributed by atoms with van der Waals surface area (Å²) in [4.78, 5) is 4.37. The minimum atomic E-state index is -0.939. The molecule has 0 bridgehead atoms. The SMILES string of the molecule is CCc1ccc(CCc2cc(F)c(C#Cc3ccc4c(F)c(F)ccc4c3)c(F)c2)nc1. The normalized spacial score (nSPS) is 10.8. The molecule has 0 saturated heterocycles. The summed E-state index contributed by atoms with van der Waals surface area (Å²) < 4.78 is 56.2. The van der Waals surface area contributed by atoms with Gasteiger partial charge in [-0.25, -0.2) is 17.6 Å². The van der Waals surface area contributed by atoms with Gasteiger partial charge < -0.3 is 0 Å². The van der Waals surface area contributed by atoms with E-state index in [1.54, 1.807) is 6.07 Å². The van der Waals surface area contributed by atoms with Gasteiger partial charge in [-0.15, -0.1) is 0 Å². The van der Waals surface area contributed by atoms with Crippen molar-refractivity contribution in [3.8, 4) is 11.8 Å². The molecule has 0 aliphatic heterocycles. The highest BCUT2D eigenvalue weighted by molar-refractivity contribution is 5.84. The molecule has 1 nitrogen and oxygen atoms in total. The third kappa shape index (κ3) is 4.65. The lowest BCUT2D eigenvalue weighted by Gasteiger charge is -2.05. The third-order valence-corrected chi connectivity index (χ3v) is 5.30. The summed E-state index contributed by atoms with van der Waals surface area (Å²) >= 11 is 0. The van der Waals surface area contributed by atoms with Crippen LogP contribution in [-0.2, 0) is 19.3 Å². The smallest absolute Gasteiger partial charge is 0.166 e.